The highest BCUT2D eigenvalue weighted by Crippen LogP contribution is 2.46. The first-order chi connectivity index (χ1) is 19.7. The van der Waals surface area contributed by atoms with E-state index in [0.717, 1.165) is 11.3 Å². The fourth-order valence-corrected chi connectivity index (χ4v) is 5.48. The Morgan fingerprint density at radius 1 is 1.20 bits per heavy atom. The Morgan fingerprint density at radius 3 is 2.63 bits per heavy atom. The third-order valence-corrected chi connectivity index (χ3v) is 7.68. The highest BCUT2D eigenvalue weighted by atomic mass is 35.5. The summed E-state index contributed by atoms with van der Waals surface area (Å²) in [5, 5.41) is 17.8. The average molecular weight is 600 g/mol. The topological polar surface area (TPSA) is 111 Å². The molecular formula is C29H28Cl2FN5O4. The molecule has 1 aliphatic rings. The van der Waals surface area contributed by atoms with Crippen LogP contribution in [0.1, 0.15) is 59.3 Å². The van der Waals surface area contributed by atoms with Gasteiger partial charge in [-0.1, -0.05) is 43.1 Å². The number of nitrogens with one attached hydrogen (secondary N) is 2. The van der Waals surface area contributed by atoms with Crippen molar-refractivity contribution < 1.29 is 23.8 Å². The normalized spacial score (nSPS) is 16.6. The first kappa shape index (κ1) is 28.7. The number of carbonyl (C=O) groups excluding carboxylic acids is 1. The summed E-state index contributed by atoms with van der Waals surface area (Å²) in [5.41, 5.74) is 3.28. The van der Waals surface area contributed by atoms with Gasteiger partial charge in [-0.05, 0) is 53.8 Å². The van der Waals surface area contributed by atoms with E-state index in [2.05, 4.69) is 20.6 Å². The van der Waals surface area contributed by atoms with E-state index in [-0.39, 0.29) is 34.1 Å². The van der Waals surface area contributed by atoms with E-state index in [4.69, 9.17) is 32.7 Å². The Morgan fingerprint density at radius 2 is 1.93 bits per heavy atom. The largest absolute Gasteiger partial charge is 0.479 e. The minimum atomic E-state index is -1.08. The first-order valence-corrected chi connectivity index (χ1v) is 13.6. The second-order valence-corrected chi connectivity index (χ2v) is 10.5. The van der Waals surface area contributed by atoms with Crippen molar-refractivity contribution in [3.63, 3.8) is 0 Å². The molecule has 0 spiro atoms. The van der Waals surface area contributed by atoms with Crippen LogP contribution in [-0.4, -0.2) is 46.0 Å². The molecule has 0 bridgehead atoms. The highest BCUT2D eigenvalue weighted by molar-refractivity contribution is 6.31. The molecule has 4 aromatic rings. The number of rotatable bonds is 8. The molecule has 0 aliphatic carbocycles. The molecular weight excluding hydrogens is 572 g/mol. The van der Waals surface area contributed by atoms with Crippen molar-refractivity contribution in [2.75, 3.05) is 24.9 Å². The van der Waals surface area contributed by atoms with Gasteiger partial charge in [0.1, 0.15) is 17.7 Å². The monoisotopic (exact) mass is 599 g/mol. The summed E-state index contributed by atoms with van der Waals surface area (Å²) in [5.74, 6) is -1.79. The van der Waals surface area contributed by atoms with E-state index in [9.17, 15) is 14.3 Å². The standard InChI is InChI=1S/C29H28Cl2FN5O4/c1-5-14(2)25-23(24-17-8-6-15(30)10-20(17)34-27(24)39)18(26(38)35-21-11-16(31)7-9-19(21)32)13-37(25)22-12-33-29(41-4)36-28(22)40-3/h6-14,24,27,34,39H,5H2,1-4H3,(H,35,38). The molecule has 3 N–H and O–H groups in total. The van der Waals surface area contributed by atoms with Crippen molar-refractivity contribution in [2.45, 2.75) is 38.3 Å². The second-order valence-electron chi connectivity index (χ2n) is 9.65. The molecule has 0 fully saturated rings. The third kappa shape index (κ3) is 5.30. The van der Waals surface area contributed by atoms with Crippen LogP contribution in [0, 0.1) is 5.82 Å². The van der Waals surface area contributed by atoms with Crippen LogP contribution < -0.4 is 20.1 Å². The smallest absolute Gasteiger partial charge is 0.319 e. The molecule has 0 radical (unpaired) electrons. The molecule has 1 amide bonds. The van der Waals surface area contributed by atoms with E-state index in [0.29, 0.717) is 28.4 Å². The highest BCUT2D eigenvalue weighted by Gasteiger charge is 2.39. The molecule has 1 aliphatic heterocycles. The number of aliphatic hydroxyl groups is 1. The van der Waals surface area contributed by atoms with Gasteiger partial charge in [-0.2, -0.15) is 4.98 Å². The van der Waals surface area contributed by atoms with Crippen molar-refractivity contribution in [3.8, 4) is 17.6 Å². The lowest BCUT2D eigenvalue weighted by Crippen LogP contribution is -2.24. The molecule has 0 saturated carbocycles. The van der Waals surface area contributed by atoms with Crippen LogP contribution in [-0.2, 0) is 0 Å². The number of hydrogen-bond acceptors (Lipinski definition) is 7. The number of carbonyl (C=O) groups is 1. The minimum Gasteiger partial charge on any atom is -0.479 e. The summed E-state index contributed by atoms with van der Waals surface area (Å²) in [4.78, 5) is 22.5. The summed E-state index contributed by atoms with van der Waals surface area (Å²) in [6.07, 6.45) is 2.79. The molecule has 41 heavy (non-hydrogen) atoms. The molecule has 3 unspecified atom stereocenters. The van der Waals surface area contributed by atoms with Gasteiger partial charge in [-0.25, -0.2) is 9.37 Å². The number of benzene rings is 2. The predicted octanol–water partition coefficient (Wildman–Crippen LogP) is 6.37. The number of anilines is 2. The van der Waals surface area contributed by atoms with Crippen molar-refractivity contribution in [1.29, 1.82) is 0 Å². The van der Waals surface area contributed by atoms with Gasteiger partial charge >= 0.3 is 6.01 Å². The molecule has 2 aromatic heterocycles. The van der Waals surface area contributed by atoms with Gasteiger partial charge in [0.2, 0.25) is 5.88 Å². The Hall–Kier alpha value is -3.86. The summed E-state index contributed by atoms with van der Waals surface area (Å²) >= 11 is 12.3. The zero-order valence-electron chi connectivity index (χ0n) is 22.7. The van der Waals surface area contributed by atoms with Gasteiger partial charge in [0.05, 0.1) is 37.6 Å². The van der Waals surface area contributed by atoms with E-state index in [1.165, 1.54) is 38.6 Å². The zero-order chi connectivity index (χ0) is 29.4. The fraction of sp³-hybridized carbons (Fsp3) is 0.276. The van der Waals surface area contributed by atoms with Crippen LogP contribution in [0.25, 0.3) is 5.69 Å². The number of aromatic nitrogens is 3. The van der Waals surface area contributed by atoms with Gasteiger partial charge in [0.15, 0.2) is 0 Å². The molecule has 2 aromatic carbocycles. The molecule has 0 saturated heterocycles. The van der Waals surface area contributed by atoms with E-state index < -0.39 is 23.9 Å². The number of hydrogen-bond donors (Lipinski definition) is 3. The molecule has 9 nitrogen and oxygen atoms in total. The van der Waals surface area contributed by atoms with Gasteiger partial charge < -0.3 is 29.8 Å². The average Bonchev–Trinajstić information content (AvgIpc) is 3.50. The number of methoxy groups -OCH3 is 2. The summed E-state index contributed by atoms with van der Waals surface area (Å²) in [6, 6.07) is 9.30. The van der Waals surface area contributed by atoms with Crippen molar-refractivity contribution in [2.24, 2.45) is 0 Å². The van der Waals surface area contributed by atoms with E-state index >= 15 is 0 Å². The van der Waals surface area contributed by atoms with Crippen LogP contribution in [0.3, 0.4) is 0 Å². The van der Waals surface area contributed by atoms with Crippen LogP contribution in [0.2, 0.25) is 10.0 Å². The predicted molar refractivity (Wildman–Crippen MR) is 155 cm³/mol. The van der Waals surface area contributed by atoms with Gasteiger partial charge in [0.25, 0.3) is 5.91 Å². The van der Waals surface area contributed by atoms with Crippen molar-refractivity contribution >= 4 is 40.5 Å². The Balaban J connectivity index is 1.78. The lowest BCUT2D eigenvalue weighted by atomic mass is 9.85. The maximum Gasteiger partial charge on any atom is 0.319 e. The van der Waals surface area contributed by atoms with Crippen LogP contribution in [0.5, 0.6) is 11.9 Å². The Kier molecular flexibility index (Phi) is 8.08. The maximum atomic E-state index is 14.7. The van der Waals surface area contributed by atoms with Gasteiger partial charge in [-0.15, -0.1) is 0 Å². The second kappa shape index (κ2) is 11.6. The number of halogens is 3. The number of ether oxygens (including phenoxy) is 2. The van der Waals surface area contributed by atoms with Crippen molar-refractivity contribution in [3.05, 3.63) is 87.0 Å². The summed E-state index contributed by atoms with van der Waals surface area (Å²) < 4.78 is 27.2. The number of fused-ring (bicyclic) bond motifs is 1. The number of amides is 1. The molecule has 3 heterocycles. The minimum absolute atomic E-state index is 0.0751. The quantitative estimate of drug-likeness (QED) is 0.216. The van der Waals surface area contributed by atoms with E-state index in [1.807, 2.05) is 19.9 Å². The molecule has 214 valence electrons. The van der Waals surface area contributed by atoms with E-state index in [1.54, 1.807) is 22.9 Å². The number of nitrogens with zero attached hydrogens (tertiary/aromatic N) is 3. The van der Waals surface area contributed by atoms with Gasteiger partial charge in [0, 0.05) is 27.6 Å². The lowest BCUT2D eigenvalue weighted by Gasteiger charge is -2.23. The summed E-state index contributed by atoms with van der Waals surface area (Å²) in [6.45, 7) is 4.04. The zero-order valence-corrected chi connectivity index (χ0v) is 24.2. The van der Waals surface area contributed by atoms with Crippen LogP contribution in [0.15, 0.2) is 48.8 Å². The fourth-order valence-electron chi connectivity index (χ4n) is 5.13. The first-order valence-electron chi connectivity index (χ1n) is 12.9. The summed E-state index contributed by atoms with van der Waals surface area (Å²) in [7, 11) is 2.92. The molecule has 5 rings (SSSR count). The molecule has 3 atom stereocenters. The van der Waals surface area contributed by atoms with Crippen LogP contribution in [0.4, 0.5) is 15.8 Å². The van der Waals surface area contributed by atoms with Crippen LogP contribution >= 0.6 is 23.2 Å². The Labute approximate surface area is 246 Å². The SMILES string of the molecule is CCC(C)c1c(C2c3ccc(Cl)cc3NC2O)c(C(=O)Nc2cc(Cl)ccc2F)cn1-c1cnc(OC)nc1OC. The third-order valence-electron chi connectivity index (χ3n) is 7.21. The van der Waals surface area contributed by atoms with Crippen molar-refractivity contribution in [1.82, 2.24) is 14.5 Å². The number of aliphatic hydroxyl groups excluding tert-OH is 1. The molecule has 12 heteroatoms. The van der Waals surface area contributed by atoms with Gasteiger partial charge in [-0.3, -0.25) is 4.79 Å². The lowest BCUT2D eigenvalue weighted by molar-refractivity contribution is 0.102. The Bertz CT molecular complexity index is 1630. The maximum absolute atomic E-state index is 14.7.